The van der Waals surface area contributed by atoms with Crippen molar-refractivity contribution < 1.29 is 9.53 Å². The van der Waals surface area contributed by atoms with Crippen LogP contribution in [0.1, 0.15) is 30.9 Å². The molecule has 1 aromatic carbocycles. The Morgan fingerprint density at radius 2 is 1.74 bits per heavy atom. The number of anilines is 1. The Bertz CT molecular complexity index is 465. The fourth-order valence-corrected chi connectivity index (χ4v) is 1.98. The van der Waals surface area contributed by atoms with E-state index in [4.69, 9.17) is 4.74 Å². The lowest BCUT2D eigenvalue weighted by molar-refractivity contribution is 0.171. The first-order chi connectivity index (χ1) is 8.75. The largest absolute Gasteiger partial charge is 0.414 e. The number of amides is 1. The molecule has 0 atom stereocenters. The van der Waals surface area contributed by atoms with E-state index < -0.39 is 0 Å². The summed E-state index contributed by atoms with van der Waals surface area (Å²) in [5, 5.41) is 0. The predicted octanol–water partition coefficient (Wildman–Crippen LogP) is 3.24. The Morgan fingerprint density at radius 3 is 2.16 bits per heavy atom. The second-order valence-electron chi connectivity index (χ2n) is 5.46. The van der Waals surface area contributed by atoms with Gasteiger partial charge >= 0.3 is 6.09 Å². The summed E-state index contributed by atoms with van der Waals surface area (Å²) < 4.78 is 5.59. The van der Waals surface area contributed by atoms with Crippen LogP contribution in [0.3, 0.4) is 0 Å². The van der Waals surface area contributed by atoms with Crippen LogP contribution in [0.4, 0.5) is 10.5 Å². The molecule has 1 rings (SSSR count). The van der Waals surface area contributed by atoms with E-state index in [0.29, 0.717) is 11.7 Å². The molecule has 0 N–H and O–H groups in total. The summed E-state index contributed by atoms with van der Waals surface area (Å²) in [4.78, 5) is 15.3. The monoisotopic (exact) mass is 264 g/mol. The molecule has 19 heavy (non-hydrogen) atoms. The molecule has 0 saturated heterocycles. The number of nitrogens with zero attached hydrogens (tertiary/aromatic N) is 2. The molecular formula is C15H24N2O2. The molecular weight excluding hydrogens is 240 g/mol. The van der Waals surface area contributed by atoms with Gasteiger partial charge in [0.05, 0.1) is 5.69 Å². The zero-order valence-electron chi connectivity index (χ0n) is 12.9. The highest BCUT2D eigenvalue weighted by molar-refractivity contribution is 5.76. The molecule has 1 amide bonds. The highest BCUT2D eigenvalue weighted by Crippen LogP contribution is 2.38. The lowest BCUT2D eigenvalue weighted by atomic mass is 9.98. The van der Waals surface area contributed by atoms with Crippen molar-refractivity contribution in [1.29, 1.82) is 0 Å². The Hall–Kier alpha value is -1.71. The van der Waals surface area contributed by atoms with E-state index in [-0.39, 0.29) is 6.09 Å². The van der Waals surface area contributed by atoms with Gasteiger partial charge in [0.1, 0.15) is 0 Å². The number of benzene rings is 1. The first-order valence-electron chi connectivity index (χ1n) is 6.45. The van der Waals surface area contributed by atoms with Gasteiger partial charge in [-0.15, -0.1) is 0 Å². The molecule has 0 spiro atoms. The summed E-state index contributed by atoms with van der Waals surface area (Å²) >= 11 is 0. The molecule has 106 valence electrons. The van der Waals surface area contributed by atoms with E-state index in [1.165, 1.54) is 4.90 Å². The molecule has 0 bridgehead atoms. The average Bonchev–Trinajstić information content (AvgIpc) is 2.27. The van der Waals surface area contributed by atoms with Gasteiger partial charge in [-0.2, -0.15) is 0 Å². The van der Waals surface area contributed by atoms with Crippen LogP contribution in [-0.2, 0) is 0 Å². The van der Waals surface area contributed by atoms with Crippen molar-refractivity contribution in [1.82, 2.24) is 4.90 Å². The number of rotatable bonds is 3. The lowest BCUT2D eigenvalue weighted by Crippen LogP contribution is -2.27. The Balaban J connectivity index is 3.37. The van der Waals surface area contributed by atoms with E-state index in [0.717, 1.165) is 16.8 Å². The SMILES string of the molecule is Cc1ccc(C(C)C)c(OC(=O)N(C)C)c1N(C)C. The summed E-state index contributed by atoms with van der Waals surface area (Å²) in [7, 11) is 7.28. The van der Waals surface area contributed by atoms with Gasteiger partial charge in [0.2, 0.25) is 0 Å². The maximum Gasteiger partial charge on any atom is 0.414 e. The second-order valence-corrected chi connectivity index (χ2v) is 5.46. The van der Waals surface area contributed by atoms with Crippen molar-refractivity contribution >= 4 is 11.8 Å². The quantitative estimate of drug-likeness (QED) is 0.840. The number of carbonyl (C=O) groups is 1. The summed E-state index contributed by atoms with van der Waals surface area (Å²) in [5.41, 5.74) is 3.10. The van der Waals surface area contributed by atoms with Gasteiger partial charge in [0.25, 0.3) is 0 Å². The van der Waals surface area contributed by atoms with Gasteiger partial charge in [-0.05, 0) is 24.0 Å². The zero-order valence-corrected chi connectivity index (χ0v) is 12.9. The molecule has 1 aromatic rings. The van der Waals surface area contributed by atoms with Crippen molar-refractivity contribution in [2.75, 3.05) is 33.1 Å². The van der Waals surface area contributed by atoms with Crippen LogP contribution >= 0.6 is 0 Å². The molecule has 0 saturated carbocycles. The molecule has 0 heterocycles. The molecule has 0 aliphatic rings. The molecule has 4 nitrogen and oxygen atoms in total. The fraction of sp³-hybridized carbons (Fsp3) is 0.533. The minimum atomic E-state index is -0.351. The highest BCUT2D eigenvalue weighted by atomic mass is 16.6. The van der Waals surface area contributed by atoms with Crippen LogP contribution < -0.4 is 9.64 Å². The highest BCUT2D eigenvalue weighted by Gasteiger charge is 2.20. The van der Waals surface area contributed by atoms with Gasteiger partial charge in [0.15, 0.2) is 5.75 Å². The third kappa shape index (κ3) is 3.40. The second kappa shape index (κ2) is 5.95. The lowest BCUT2D eigenvalue weighted by Gasteiger charge is -2.24. The van der Waals surface area contributed by atoms with E-state index in [9.17, 15) is 4.79 Å². The standard InChI is InChI=1S/C15H24N2O2/c1-10(2)12-9-8-11(3)13(16(4)5)14(12)19-15(18)17(6)7/h8-10H,1-7H3. The van der Waals surface area contributed by atoms with Gasteiger partial charge in [-0.25, -0.2) is 4.79 Å². The van der Waals surface area contributed by atoms with Crippen LogP contribution in [0.2, 0.25) is 0 Å². The molecule has 4 heteroatoms. The number of hydrogen-bond acceptors (Lipinski definition) is 3. The summed E-state index contributed by atoms with van der Waals surface area (Å²) in [6.45, 7) is 6.21. The van der Waals surface area contributed by atoms with Gasteiger partial charge in [0, 0.05) is 28.2 Å². The molecule has 0 unspecified atom stereocenters. The van der Waals surface area contributed by atoms with Crippen molar-refractivity contribution in [2.24, 2.45) is 0 Å². The van der Waals surface area contributed by atoms with Crippen LogP contribution in [0, 0.1) is 6.92 Å². The number of hydrogen-bond donors (Lipinski definition) is 0. The van der Waals surface area contributed by atoms with Crippen LogP contribution in [-0.4, -0.2) is 39.2 Å². The molecule has 0 fully saturated rings. The van der Waals surface area contributed by atoms with Gasteiger partial charge in [-0.3, -0.25) is 0 Å². The van der Waals surface area contributed by atoms with E-state index >= 15 is 0 Å². The number of aryl methyl sites for hydroxylation is 1. The van der Waals surface area contributed by atoms with Crippen molar-refractivity contribution in [3.63, 3.8) is 0 Å². The van der Waals surface area contributed by atoms with E-state index in [1.54, 1.807) is 14.1 Å². The minimum absolute atomic E-state index is 0.296. The smallest absolute Gasteiger partial charge is 0.408 e. The molecule has 0 aliphatic heterocycles. The minimum Gasteiger partial charge on any atom is -0.408 e. The Morgan fingerprint density at radius 1 is 1.16 bits per heavy atom. The molecule has 0 aromatic heterocycles. The first kappa shape index (κ1) is 15.3. The van der Waals surface area contributed by atoms with Gasteiger partial charge in [-0.1, -0.05) is 26.0 Å². The van der Waals surface area contributed by atoms with Crippen LogP contribution in [0.5, 0.6) is 5.75 Å². The van der Waals surface area contributed by atoms with Crippen molar-refractivity contribution in [3.8, 4) is 5.75 Å². The maximum atomic E-state index is 11.9. The number of carbonyl (C=O) groups excluding carboxylic acids is 1. The third-order valence-electron chi connectivity index (χ3n) is 2.99. The zero-order chi connectivity index (χ0) is 14.7. The maximum absolute atomic E-state index is 11.9. The van der Waals surface area contributed by atoms with Crippen LogP contribution in [0.15, 0.2) is 12.1 Å². The third-order valence-corrected chi connectivity index (χ3v) is 2.99. The Labute approximate surface area is 116 Å². The van der Waals surface area contributed by atoms with E-state index in [2.05, 4.69) is 19.9 Å². The normalized spacial score (nSPS) is 10.5. The van der Waals surface area contributed by atoms with E-state index in [1.807, 2.05) is 32.0 Å². The average molecular weight is 264 g/mol. The summed E-state index contributed by atoms with van der Waals surface area (Å²) in [6, 6.07) is 4.10. The topological polar surface area (TPSA) is 32.8 Å². The van der Waals surface area contributed by atoms with Gasteiger partial charge < -0.3 is 14.5 Å². The van der Waals surface area contributed by atoms with Crippen molar-refractivity contribution in [2.45, 2.75) is 26.7 Å². The Kier molecular flexibility index (Phi) is 4.81. The molecule has 0 aliphatic carbocycles. The fourth-order valence-electron chi connectivity index (χ4n) is 1.98. The first-order valence-corrected chi connectivity index (χ1v) is 6.45. The van der Waals surface area contributed by atoms with Crippen LogP contribution in [0.25, 0.3) is 0 Å². The molecule has 0 radical (unpaired) electrons. The van der Waals surface area contributed by atoms with Crippen molar-refractivity contribution in [3.05, 3.63) is 23.3 Å². The summed E-state index contributed by atoms with van der Waals surface area (Å²) in [5.74, 6) is 0.961. The number of ether oxygens (including phenoxy) is 1. The summed E-state index contributed by atoms with van der Waals surface area (Å²) in [6.07, 6.45) is -0.351. The predicted molar refractivity (Wildman–Crippen MR) is 79.3 cm³/mol.